The minimum atomic E-state index is -4.76. The van der Waals surface area contributed by atoms with Gasteiger partial charge in [0.05, 0.1) is 42.7 Å². The van der Waals surface area contributed by atoms with E-state index in [4.69, 9.17) is 11.6 Å². The molecule has 558 valence electrons. The summed E-state index contributed by atoms with van der Waals surface area (Å²) < 4.78 is 41.6. The lowest BCUT2D eigenvalue weighted by atomic mass is 9.81. The van der Waals surface area contributed by atoms with Crippen molar-refractivity contribution < 1.29 is 75.8 Å². The normalized spacial score (nSPS) is 26.9. The van der Waals surface area contributed by atoms with Gasteiger partial charge in [-0.3, -0.25) is 57.5 Å². The number of aryl methyl sites for hydroxylation is 1. The van der Waals surface area contributed by atoms with E-state index in [1.165, 1.54) is 81.9 Å². The number of likely N-dealkylation sites (N-methyl/N-ethyl adjacent to an activating group) is 7. The first kappa shape index (κ1) is 80.2. The molecule has 3 saturated carbocycles. The first-order valence-electron chi connectivity index (χ1n) is 36.0. The zero-order chi connectivity index (χ0) is 73.7. The van der Waals surface area contributed by atoms with Crippen LogP contribution in [0.25, 0.3) is 0 Å². The molecule has 0 bridgehead atoms. The molecule has 6 aliphatic rings. The number of fused-ring (bicyclic) bond motifs is 1. The van der Waals surface area contributed by atoms with E-state index < -0.39 is 174 Å². The van der Waals surface area contributed by atoms with Crippen LogP contribution in [0.1, 0.15) is 180 Å². The minimum Gasteiger partial charge on any atom is -0.391 e. The van der Waals surface area contributed by atoms with E-state index in [2.05, 4.69) is 16.0 Å². The van der Waals surface area contributed by atoms with Crippen molar-refractivity contribution in [3.63, 3.8) is 0 Å². The van der Waals surface area contributed by atoms with Crippen LogP contribution >= 0.6 is 11.6 Å². The van der Waals surface area contributed by atoms with Gasteiger partial charge in [-0.25, -0.2) is 0 Å². The molecule has 3 saturated heterocycles. The van der Waals surface area contributed by atoms with Gasteiger partial charge in [0.15, 0.2) is 0 Å². The van der Waals surface area contributed by atoms with Crippen LogP contribution in [0.2, 0.25) is 5.02 Å². The lowest BCUT2D eigenvalue weighted by molar-refractivity contribution is -0.157. The molecule has 1 aromatic carbocycles. The van der Waals surface area contributed by atoms with Gasteiger partial charge in [0.25, 0.3) is 0 Å². The molecular weight excluding hydrogens is 1320 g/mol. The Labute approximate surface area is 591 Å². The number of aliphatic hydroxyl groups excluding tert-OH is 1. The van der Waals surface area contributed by atoms with Gasteiger partial charge in [0, 0.05) is 69.0 Å². The first-order chi connectivity index (χ1) is 47.2. The molecule has 25 nitrogen and oxygen atoms in total. The summed E-state index contributed by atoms with van der Waals surface area (Å²) in [6, 6.07) is -6.22. The summed E-state index contributed by atoms with van der Waals surface area (Å²) >= 11 is 6.15. The average molecular weight is 1430 g/mol. The van der Waals surface area contributed by atoms with E-state index in [1.807, 2.05) is 13.8 Å². The summed E-state index contributed by atoms with van der Waals surface area (Å²) in [4.78, 5) is 190. The standard InChI is InChI=1S/C71H108ClF3N12O13/c1-44(2)37-53-62(93)77-60(45(3)88)67(98)81(6)42-58(91)79(4)43-59(92)83(8)54(39-46-23-14-11-15-24-46)65(96)80(5)41-56(89)76-51(31-29-47-28-30-49(50(72)38-47)71(73,74)75)64(95)87-36-22-27-52(87)63(94)78-70(32-18-19-33-70)69(100)85(10)61(48-25-16-12-17-26-48)68(99)84(9)55(40-57(90)82(53)7)66(97)86-34-20-13-21-35-86/h28,30,38,44-46,48,51-55,60-61,88H,11-27,29,31-37,39-43H2,1-10H3,(H,76,89)(H,77,93)(H,78,94)/t45-,51+,52+,53+,54+,55+,60+,61+/m1/s1. The van der Waals surface area contributed by atoms with Gasteiger partial charge in [0.2, 0.25) is 70.9 Å². The molecule has 3 aliphatic carbocycles. The predicted octanol–water partition coefficient (Wildman–Crippen LogP) is 4.76. The van der Waals surface area contributed by atoms with E-state index in [-0.39, 0.29) is 63.3 Å². The number of likely N-dealkylation sites (tertiary alicyclic amines) is 1. The number of benzene rings is 1. The average Bonchev–Trinajstić information content (AvgIpc) is 1.54. The van der Waals surface area contributed by atoms with Crippen molar-refractivity contribution in [3.8, 4) is 0 Å². The summed E-state index contributed by atoms with van der Waals surface area (Å²) in [5, 5.41) is 19.0. The second kappa shape index (κ2) is 35.7. The fraction of sp³-hybridized carbons (Fsp3) is 0.746. The van der Waals surface area contributed by atoms with Crippen LogP contribution in [0.3, 0.4) is 0 Å². The van der Waals surface area contributed by atoms with E-state index in [0.717, 1.165) is 89.5 Å². The Morgan fingerprint density at radius 2 is 1.21 bits per heavy atom. The third-order valence-corrected chi connectivity index (χ3v) is 21.9. The number of carbonyl (C=O) groups is 12. The topological polar surface area (TPSA) is 290 Å². The summed E-state index contributed by atoms with van der Waals surface area (Å²) in [7, 11) is 9.68. The van der Waals surface area contributed by atoms with Crippen molar-refractivity contribution in [1.29, 1.82) is 0 Å². The fourth-order valence-electron chi connectivity index (χ4n) is 15.6. The highest BCUT2D eigenvalue weighted by molar-refractivity contribution is 6.31. The Kier molecular flexibility index (Phi) is 28.6. The molecular formula is C71H108ClF3N12O13. The van der Waals surface area contributed by atoms with E-state index >= 15 is 28.8 Å². The number of halogens is 4. The first-order valence-corrected chi connectivity index (χ1v) is 36.4. The predicted molar refractivity (Wildman–Crippen MR) is 366 cm³/mol. The largest absolute Gasteiger partial charge is 0.417 e. The number of piperidine rings is 1. The number of hydrogen-bond donors (Lipinski definition) is 4. The second-order valence-electron chi connectivity index (χ2n) is 29.5. The summed E-state index contributed by atoms with van der Waals surface area (Å²) in [6.07, 6.45) is 4.69. The maximum Gasteiger partial charge on any atom is 0.417 e. The summed E-state index contributed by atoms with van der Waals surface area (Å²) in [5.74, 6) is -9.07. The van der Waals surface area contributed by atoms with Gasteiger partial charge in [-0.15, -0.1) is 0 Å². The molecule has 3 heterocycles. The minimum absolute atomic E-state index is 0.000139. The highest BCUT2D eigenvalue weighted by atomic mass is 35.5. The number of alkyl halides is 3. The number of carbonyl (C=O) groups excluding carboxylic acids is 12. The van der Waals surface area contributed by atoms with Crippen LogP contribution < -0.4 is 16.0 Å². The molecule has 3 aliphatic heterocycles. The molecule has 1 spiro atoms. The van der Waals surface area contributed by atoms with Crippen LogP contribution in [0, 0.1) is 17.8 Å². The lowest BCUT2D eigenvalue weighted by Gasteiger charge is -2.43. The SMILES string of the molecule is CC(C)C[C@H]1C(=O)N[C@@H]([C@@H](C)O)C(=O)N(C)CC(=O)N(C)CC(=O)N(C)[C@@H](CC2CCCCC2)C(=O)N(C)CC(=O)N[C@@H](CCc2ccc(C(F)(F)F)c(Cl)c2)C(=O)N2CCC[C@H]2C(=O)NC2(CCCC2)C(=O)N(C)[C@@H](C2CCCCC2)C(=O)N(C)[C@H](C(=O)N2CCCCC2)CC(=O)N1C. The Balaban J connectivity index is 1.28. The molecule has 0 aromatic heterocycles. The molecule has 100 heavy (non-hydrogen) atoms. The van der Waals surface area contributed by atoms with Crippen LogP contribution in [-0.4, -0.2) is 263 Å². The number of hydrogen-bond acceptors (Lipinski definition) is 13. The highest BCUT2D eigenvalue weighted by Gasteiger charge is 2.51. The number of amides is 12. The molecule has 4 N–H and O–H groups in total. The Morgan fingerprint density at radius 1 is 0.620 bits per heavy atom. The quantitative estimate of drug-likeness (QED) is 0.246. The van der Waals surface area contributed by atoms with Gasteiger partial charge >= 0.3 is 6.18 Å². The zero-order valence-corrected chi connectivity index (χ0v) is 60.9. The monoisotopic (exact) mass is 1430 g/mol. The number of nitrogens with one attached hydrogen (secondary N) is 3. The van der Waals surface area contributed by atoms with E-state index in [1.54, 1.807) is 4.90 Å². The maximum atomic E-state index is 15.8. The molecule has 7 rings (SSSR count). The molecule has 0 unspecified atom stereocenters. The molecule has 8 atom stereocenters. The summed E-state index contributed by atoms with van der Waals surface area (Å²) in [5.41, 5.74) is -2.37. The van der Waals surface area contributed by atoms with Gasteiger partial charge in [-0.1, -0.05) is 95.7 Å². The van der Waals surface area contributed by atoms with E-state index in [9.17, 15) is 47.0 Å². The summed E-state index contributed by atoms with van der Waals surface area (Å²) in [6.45, 7) is 3.78. The second-order valence-corrected chi connectivity index (χ2v) is 29.9. The van der Waals surface area contributed by atoms with Gasteiger partial charge in [0.1, 0.15) is 47.8 Å². The smallest absolute Gasteiger partial charge is 0.391 e. The van der Waals surface area contributed by atoms with Crippen molar-refractivity contribution >= 4 is 82.5 Å². The molecule has 29 heteroatoms. The van der Waals surface area contributed by atoms with Crippen molar-refractivity contribution in [3.05, 3.63) is 34.3 Å². The third kappa shape index (κ3) is 20.2. The molecule has 1 aromatic rings. The number of nitrogens with zero attached hydrogens (tertiary/aromatic N) is 9. The van der Waals surface area contributed by atoms with Crippen molar-refractivity contribution in [2.24, 2.45) is 17.8 Å². The fourth-order valence-corrected chi connectivity index (χ4v) is 15.9. The van der Waals surface area contributed by atoms with Crippen molar-refractivity contribution in [2.75, 3.05) is 88.6 Å². The van der Waals surface area contributed by atoms with Crippen LogP contribution in [0.4, 0.5) is 13.2 Å². The van der Waals surface area contributed by atoms with Gasteiger partial charge in [-0.05, 0) is 126 Å². The third-order valence-electron chi connectivity index (χ3n) is 21.6. The lowest BCUT2D eigenvalue weighted by Crippen LogP contribution is -2.65. The Hall–Kier alpha value is -7.10. The maximum absolute atomic E-state index is 15.8. The number of aliphatic hydroxyl groups is 1. The zero-order valence-electron chi connectivity index (χ0n) is 60.2. The Bertz CT molecular complexity index is 3120. The number of rotatable bonds is 10. The molecule has 0 radical (unpaired) electrons. The van der Waals surface area contributed by atoms with Crippen LogP contribution in [0.5, 0.6) is 0 Å². The van der Waals surface area contributed by atoms with Gasteiger partial charge < -0.3 is 65.2 Å². The van der Waals surface area contributed by atoms with E-state index in [0.29, 0.717) is 63.6 Å². The van der Waals surface area contributed by atoms with Crippen LogP contribution in [0.15, 0.2) is 18.2 Å². The van der Waals surface area contributed by atoms with Crippen LogP contribution in [-0.2, 0) is 70.1 Å². The molecule has 12 amide bonds. The highest BCUT2D eigenvalue weighted by Crippen LogP contribution is 2.38. The van der Waals surface area contributed by atoms with Crippen molar-refractivity contribution in [1.82, 2.24) is 60.0 Å². The van der Waals surface area contributed by atoms with Crippen molar-refractivity contribution in [2.45, 2.75) is 235 Å². The van der Waals surface area contributed by atoms with Gasteiger partial charge in [-0.2, -0.15) is 13.2 Å². The Morgan fingerprint density at radius 3 is 1.81 bits per heavy atom. The molecule has 6 fully saturated rings.